The summed E-state index contributed by atoms with van der Waals surface area (Å²) < 4.78 is 0. The zero-order valence-electron chi connectivity index (χ0n) is 37.6. The summed E-state index contributed by atoms with van der Waals surface area (Å²) >= 11 is 0. The van der Waals surface area contributed by atoms with Gasteiger partial charge in [0.25, 0.3) is 0 Å². The van der Waals surface area contributed by atoms with Crippen molar-refractivity contribution in [1.29, 1.82) is 0 Å². The number of rotatable bonds is 7. The van der Waals surface area contributed by atoms with Gasteiger partial charge in [0.2, 0.25) is 0 Å². The third-order valence-corrected chi connectivity index (χ3v) is 14.9. The van der Waals surface area contributed by atoms with Crippen LogP contribution in [0.5, 0.6) is 0 Å². The van der Waals surface area contributed by atoms with E-state index in [1.807, 2.05) is 0 Å². The highest BCUT2D eigenvalue weighted by Crippen LogP contribution is 2.58. The van der Waals surface area contributed by atoms with E-state index in [2.05, 4.69) is 267 Å². The first-order chi connectivity index (χ1) is 33.0. The summed E-state index contributed by atoms with van der Waals surface area (Å²) in [5.74, 6) is 0. The van der Waals surface area contributed by atoms with Gasteiger partial charge in [-0.3, -0.25) is 0 Å². The van der Waals surface area contributed by atoms with Crippen molar-refractivity contribution in [3.63, 3.8) is 0 Å². The molecule has 1 nitrogen and oxygen atoms in total. The molecule has 0 saturated carbocycles. The number of para-hydroxylation sites is 2. The Hall–Kier alpha value is -8.26. The molecule has 0 fully saturated rings. The second-order valence-corrected chi connectivity index (χ2v) is 18.8. The molecule has 0 aliphatic heterocycles. The highest BCUT2D eigenvalue weighted by molar-refractivity contribution is 6.21. The minimum atomic E-state index is -0.479. The maximum Gasteiger partial charge on any atom is 0.0713 e. The summed E-state index contributed by atoms with van der Waals surface area (Å²) in [6.07, 6.45) is 0. The van der Waals surface area contributed by atoms with Crippen LogP contribution in [0.15, 0.2) is 249 Å². The van der Waals surface area contributed by atoms with Crippen molar-refractivity contribution in [3.05, 3.63) is 282 Å². The molecule has 316 valence electrons. The average Bonchev–Trinajstić information content (AvgIpc) is 3.81. The molecule has 0 heterocycles. The van der Waals surface area contributed by atoms with Gasteiger partial charge in [-0.1, -0.05) is 214 Å². The summed E-state index contributed by atoms with van der Waals surface area (Å²) in [6.45, 7) is 4.80. The fourth-order valence-corrected chi connectivity index (χ4v) is 12.0. The van der Waals surface area contributed by atoms with Crippen LogP contribution in [0.25, 0.3) is 66.1 Å². The Morgan fingerprint density at radius 2 is 0.657 bits per heavy atom. The molecule has 0 amide bonds. The van der Waals surface area contributed by atoms with E-state index in [1.165, 1.54) is 99.4 Å². The second-order valence-electron chi connectivity index (χ2n) is 18.8. The number of hydrogen-bond acceptors (Lipinski definition) is 1. The maximum atomic E-state index is 2.52. The number of nitrogens with zero attached hydrogens (tertiary/aromatic N) is 1. The number of fused-ring (bicyclic) bond motifs is 8. The molecule has 11 aromatic rings. The van der Waals surface area contributed by atoms with Gasteiger partial charge in [0.05, 0.1) is 5.41 Å². The van der Waals surface area contributed by atoms with E-state index in [9.17, 15) is 0 Å². The Bertz CT molecular complexity index is 3560. The number of hydrogen-bond donors (Lipinski definition) is 0. The predicted octanol–water partition coefficient (Wildman–Crippen LogP) is 17.5. The van der Waals surface area contributed by atoms with Crippen molar-refractivity contribution in [2.24, 2.45) is 0 Å². The third kappa shape index (κ3) is 5.81. The first kappa shape index (κ1) is 39.1. The lowest BCUT2D eigenvalue weighted by molar-refractivity contribution is 0.660. The van der Waals surface area contributed by atoms with E-state index in [0.717, 1.165) is 17.1 Å². The molecule has 11 aromatic carbocycles. The first-order valence-corrected chi connectivity index (χ1v) is 23.5. The average molecular weight is 854 g/mol. The van der Waals surface area contributed by atoms with Gasteiger partial charge in [-0.05, 0) is 148 Å². The van der Waals surface area contributed by atoms with Gasteiger partial charge in [-0.15, -0.1) is 0 Å². The Morgan fingerprint density at radius 3 is 1.16 bits per heavy atom. The van der Waals surface area contributed by atoms with Crippen molar-refractivity contribution in [3.8, 4) is 44.5 Å². The highest BCUT2D eigenvalue weighted by Gasteiger charge is 2.46. The van der Waals surface area contributed by atoms with Crippen LogP contribution in [0.4, 0.5) is 17.1 Å². The summed E-state index contributed by atoms with van der Waals surface area (Å²) in [4.78, 5) is 2.37. The third-order valence-electron chi connectivity index (χ3n) is 14.9. The molecule has 0 spiro atoms. The normalized spacial score (nSPS) is 13.8. The molecule has 0 saturated heterocycles. The summed E-state index contributed by atoms with van der Waals surface area (Å²) in [5.41, 5.74) is 20.9. The summed E-state index contributed by atoms with van der Waals surface area (Å²) in [5, 5.41) is 5.03. The highest BCUT2D eigenvalue weighted by atomic mass is 15.1. The molecule has 0 bridgehead atoms. The van der Waals surface area contributed by atoms with Gasteiger partial charge in [0.1, 0.15) is 0 Å². The van der Waals surface area contributed by atoms with Crippen LogP contribution < -0.4 is 4.90 Å². The zero-order chi connectivity index (χ0) is 44.7. The minimum Gasteiger partial charge on any atom is -0.310 e. The maximum absolute atomic E-state index is 2.52. The smallest absolute Gasteiger partial charge is 0.0713 e. The van der Waals surface area contributed by atoms with E-state index >= 15 is 0 Å². The fraction of sp³-hybridized carbons (Fsp3) is 0.0606. The second kappa shape index (κ2) is 15.2. The Kier molecular flexibility index (Phi) is 8.85. The quantitative estimate of drug-likeness (QED) is 0.144. The molecule has 1 heteroatoms. The van der Waals surface area contributed by atoms with E-state index in [0.29, 0.717) is 0 Å². The van der Waals surface area contributed by atoms with E-state index < -0.39 is 5.41 Å². The Balaban J connectivity index is 0.984. The van der Waals surface area contributed by atoms with E-state index in [-0.39, 0.29) is 5.41 Å². The molecular formula is C66H47N. The van der Waals surface area contributed by atoms with Gasteiger partial charge in [0, 0.05) is 22.5 Å². The van der Waals surface area contributed by atoms with Crippen molar-refractivity contribution in [2.75, 3.05) is 4.90 Å². The molecule has 13 rings (SSSR count). The van der Waals surface area contributed by atoms with Crippen LogP contribution in [0, 0.1) is 0 Å². The van der Waals surface area contributed by atoms with Crippen molar-refractivity contribution in [1.82, 2.24) is 0 Å². The Labute approximate surface area is 392 Å². The number of benzene rings is 11. The van der Waals surface area contributed by atoms with Crippen LogP contribution in [-0.2, 0) is 10.8 Å². The van der Waals surface area contributed by atoms with Crippen LogP contribution in [-0.4, -0.2) is 0 Å². The summed E-state index contributed by atoms with van der Waals surface area (Å²) in [7, 11) is 0. The molecule has 0 unspecified atom stereocenters. The van der Waals surface area contributed by atoms with Crippen molar-refractivity contribution in [2.45, 2.75) is 24.7 Å². The van der Waals surface area contributed by atoms with Crippen LogP contribution in [0.1, 0.15) is 47.2 Å². The van der Waals surface area contributed by atoms with Gasteiger partial charge < -0.3 is 4.90 Å². The standard InChI is InChI=1S/C66H47N/c1-65(2)60-41-44(35-38-52(60)53-40-37-50(43-61(53)65)67(48-25-11-5-12-26-48)49-27-13-6-14-28-49)63-55-30-15-17-32-57(55)64(58-33-18-16-31-56(58)63)45-36-39-54-51-29-19-20-34-59(51)66(62(54)42-45,46-21-7-3-8-22-46)47-23-9-4-10-24-47/h3-43H,1-2H3. The zero-order valence-corrected chi connectivity index (χ0v) is 37.6. The largest absolute Gasteiger partial charge is 0.310 e. The van der Waals surface area contributed by atoms with Gasteiger partial charge in [0.15, 0.2) is 0 Å². The van der Waals surface area contributed by atoms with Crippen molar-refractivity contribution < 1.29 is 0 Å². The molecule has 0 aromatic heterocycles. The minimum absolute atomic E-state index is 0.229. The van der Waals surface area contributed by atoms with Crippen molar-refractivity contribution >= 4 is 38.6 Å². The monoisotopic (exact) mass is 853 g/mol. The lowest BCUT2D eigenvalue weighted by Gasteiger charge is -2.34. The molecule has 0 radical (unpaired) electrons. The molecular weight excluding hydrogens is 807 g/mol. The van der Waals surface area contributed by atoms with E-state index in [4.69, 9.17) is 0 Å². The van der Waals surface area contributed by atoms with Gasteiger partial charge >= 0.3 is 0 Å². The molecule has 67 heavy (non-hydrogen) atoms. The van der Waals surface area contributed by atoms with Crippen LogP contribution >= 0.6 is 0 Å². The molecule has 2 aliphatic carbocycles. The fourth-order valence-electron chi connectivity index (χ4n) is 12.0. The Morgan fingerprint density at radius 1 is 0.284 bits per heavy atom. The molecule has 2 aliphatic rings. The van der Waals surface area contributed by atoms with Crippen LogP contribution in [0.2, 0.25) is 0 Å². The lowest BCUT2D eigenvalue weighted by Crippen LogP contribution is -2.28. The molecule has 0 N–H and O–H groups in total. The SMILES string of the molecule is CC1(C)c2cc(-c3c4ccccc4c(-c4ccc5c(c4)C(c4ccccc4)(c4ccccc4)c4ccccc4-5)c4ccccc34)ccc2-c2ccc(N(c3ccccc3)c3ccccc3)cc21. The van der Waals surface area contributed by atoms with E-state index in [1.54, 1.807) is 0 Å². The van der Waals surface area contributed by atoms with Gasteiger partial charge in [-0.2, -0.15) is 0 Å². The van der Waals surface area contributed by atoms with Gasteiger partial charge in [-0.25, -0.2) is 0 Å². The first-order valence-electron chi connectivity index (χ1n) is 23.5. The van der Waals surface area contributed by atoms with Crippen LogP contribution in [0.3, 0.4) is 0 Å². The summed E-state index contributed by atoms with van der Waals surface area (Å²) in [6, 6.07) is 92.4. The lowest BCUT2D eigenvalue weighted by atomic mass is 9.67. The topological polar surface area (TPSA) is 3.24 Å². The molecule has 0 atom stereocenters. The predicted molar refractivity (Wildman–Crippen MR) is 282 cm³/mol. The number of anilines is 3.